The van der Waals surface area contributed by atoms with E-state index in [4.69, 9.17) is 9.84 Å². The SMILES string of the molecule is C=C(S)C=N/C=C\NC(=O)[C@H](CCCC1C(=O)c2ccccc2C1=O)c1ccc(COCO)cc1. The van der Waals surface area contributed by atoms with E-state index < -0.39 is 11.8 Å². The van der Waals surface area contributed by atoms with Gasteiger partial charge in [0, 0.05) is 34.6 Å². The fourth-order valence-electron chi connectivity index (χ4n) is 4.05. The number of rotatable bonds is 12. The number of ketones is 2. The van der Waals surface area contributed by atoms with E-state index in [0.717, 1.165) is 11.1 Å². The first kappa shape index (κ1) is 26.3. The molecule has 35 heavy (non-hydrogen) atoms. The zero-order chi connectivity index (χ0) is 25.2. The molecule has 0 radical (unpaired) electrons. The van der Waals surface area contributed by atoms with Gasteiger partial charge >= 0.3 is 0 Å². The Kier molecular flexibility index (Phi) is 9.72. The van der Waals surface area contributed by atoms with Crippen molar-refractivity contribution < 1.29 is 24.2 Å². The Hall–Kier alpha value is -3.33. The summed E-state index contributed by atoms with van der Waals surface area (Å²) in [5, 5.41) is 11.6. The van der Waals surface area contributed by atoms with Gasteiger partial charge in [-0.25, -0.2) is 0 Å². The minimum absolute atomic E-state index is 0.147. The average Bonchev–Trinajstić information content (AvgIpc) is 3.10. The second kappa shape index (κ2) is 12.9. The van der Waals surface area contributed by atoms with Crippen molar-refractivity contribution in [2.75, 3.05) is 6.79 Å². The van der Waals surface area contributed by atoms with Crippen LogP contribution in [0.5, 0.6) is 0 Å². The largest absolute Gasteiger partial charge is 0.371 e. The van der Waals surface area contributed by atoms with Crippen LogP contribution in [0.25, 0.3) is 0 Å². The number of aliphatic hydroxyl groups excluding tert-OH is 1. The summed E-state index contributed by atoms with van der Waals surface area (Å²) >= 11 is 4.02. The highest BCUT2D eigenvalue weighted by molar-refractivity contribution is 7.85. The second-order valence-electron chi connectivity index (χ2n) is 8.12. The Balaban J connectivity index is 1.68. The highest BCUT2D eigenvalue weighted by atomic mass is 32.1. The van der Waals surface area contributed by atoms with Crippen LogP contribution in [-0.2, 0) is 16.1 Å². The van der Waals surface area contributed by atoms with Gasteiger partial charge in [-0.3, -0.25) is 19.4 Å². The molecule has 1 atom stereocenters. The highest BCUT2D eigenvalue weighted by Gasteiger charge is 2.37. The lowest BCUT2D eigenvalue weighted by molar-refractivity contribution is -0.121. The number of allylic oxidation sites excluding steroid dienone is 1. The van der Waals surface area contributed by atoms with Crippen LogP contribution in [0.3, 0.4) is 0 Å². The summed E-state index contributed by atoms with van der Waals surface area (Å²) in [5.74, 6) is -1.71. The van der Waals surface area contributed by atoms with Crippen LogP contribution in [-0.4, -0.2) is 35.6 Å². The summed E-state index contributed by atoms with van der Waals surface area (Å²) in [6.45, 7) is 3.49. The minimum atomic E-state index is -0.697. The van der Waals surface area contributed by atoms with Crippen LogP contribution < -0.4 is 5.32 Å². The molecular weight excluding hydrogens is 464 g/mol. The van der Waals surface area contributed by atoms with E-state index in [-0.39, 0.29) is 30.9 Å². The predicted octanol–water partition coefficient (Wildman–Crippen LogP) is 4.20. The first-order valence-electron chi connectivity index (χ1n) is 11.2. The van der Waals surface area contributed by atoms with Crippen molar-refractivity contribution >= 4 is 36.3 Å². The Labute approximate surface area is 210 Å². The number of hydrogen-bond acceptors (Lipinski definition) is 7. The summed E-state index contributed by atoms with van der Waals surface area (Å²) in [5.41, 5.74) is 2.62. The van der Waals surface area contributed by atoms with Crippen LogP contribution >= 0.6 is 12.6 Å². The van der Waals surface area contributed by atoms with Gasteiger partial charge < -0.3 is 15.2 Å². The van der Waals surface area contributed by atoms with E-state index in [0.29, 0.717) is 35.3 Å². The first-order chi connectivity index (χ1) is 16.9. The molecule has 0 spiro atoms. The summed E-state index contributed by atoms with van der Waals surface area (Å²) in [7, 11) is 0. The maximum atomic E-state index is 13.0. The zero-order valence-corrected chi connectivity index (χ0v) is 20.1. The van der Waals surface area contributed by atoms with E-state index in [2.05, 4.69) is 29.5 Å². The summed E-state index contributed by atoms with van der Waals surface area (Å²) in [6.07, 6.45) is 5.67. The summed E-state index contributed by atoms with van der Waals surface area (Å²) in [6, 6.07) is 14.2. The van der Waals surface area contributed by atoms with Crippen molar-refractivity contribution in [1.29, 1.82) is 0 Å². The fourth-order valence-corrected chi connectivity index (χ4v) is 4.11. The third-order valence-corrected chi connectivity index (χ3v) is 5.86. The number of thiol groups is 1. The molecule has 0 saturated heterocycles. The van der Waals surface area contributed by atoms with E-state index in [1.807, 2.05) is 24.3 Å². The van der Waals surface area contributed by atoms with E-state index in [1.165, 1.54) is 18.6 Å². The molecule has 0 bridgehead atoms. The number of benzene rings is 2. The van der Waals surface area contributed by atoms with E-state index in [9.17, 15) is 14.4 Å². The maximum Gasteiger partial charge on any atom is 0.231 e. The monoisotopic (exact) mass is 492 g/mol. The Morgan fingerprint density at radius 3 is 2.40 bits per heavy atom. The van der Waals surface area contributed by atoms with Gasteiger partial charge in [0.1, 0.15) is 6.79 Å². The van der Waals surface area contributed by atoms with Crippen molar-refractivity contribution in [3.05, 3.63) is 94.7 Å². The molecule has 1 amide bonds. The molecule has 7 nitrogen and oxygen atoms in total. The van der Waals surface area contributed by atoms with Gasteiger partial charge in [0.15, 0.2) is 11.6 Å². The highest BCUT2D eigenvalue weighted by Crippen LogP contribution is 2.32. The molecule has 0 aliphatic heterocycles. The Morgan fingerprint density at radius 1 is 1.14 bits per heavy atom. The lowest BCUT2D eigenvalue weighted by atomic mass is 9.89. The number of hydrogen-bond donors (Lipinski definition) is 3. The lowest BCUT2D eigenvalue weighted by Crippen LogP contribution is -2.25. The Morgan fingerprint density at radius 2 is 1.80 bits per heavy atom. The van der Waals surface area contributed by atoms with Gasteiger partial charge in [-0.15, -0.1) is 12.6 Å². The first-order valence-corrected chi connectivity index (χ1v) is 11.7. The normalized spacial score (nSPS) is 14.6. The van der Waals surface area contributed by atoms with Crippen LogP contribution in [0.15, 0.2) is 77.4 Å². The number of fused-ring (bicyclic) bond motifs is 1. The van der Waals surface area contributed by atoms with Gasteiger partial charge in [-0.2, -0.15) is 0 Å². The van der Waals surface area contributed by atoms with Gasteiger partial charge in [0.05, 0.1) is 18.4 Å². The molecule has 8 heteroatoms. The molecular formula is C27H28N2O5S. The number of aliphatic imine (C=N–C) groups is 1. The number of Topliss-reactive ketones (excluding diaryl/α,β-unsaturated/α-hetero) is 2. The van der Waals surface area contributed by atoms with Crippen LogP contribution in [0.4, 0.5) is 0 Å². The van der Waals surface area contributed by atoms with Crippen molar-refractivity contribution in [2.45, 2.75) is 31.8 Å². The van der Waals surface area contributed by atoms with Crippen molar-refractivity contribution in [1.82, 2.24) is 5.32 Å². The minimum Gasteiger partial charge on any atom is -0.371 e. The lowest BCUT2D eigenvalue weighted by Gasteiger charge is -2.17. The number of nitrogens with one attached hydrogen (secondary N) is 1. The van der Waals surface area contributed by atoms with Gasteiger partial charge in [0.2, 0.25) is 5.91 Å². The van der Waals surface area contributed by atoms with Gasteiger partial charge in [-0.05, 0) is 24.0 Å². The zero-order valence-electron chi connectivity index (χ0n) is 19.2. The smallest absolute Gasteiger partial charge is 0.231 e. The number of carbonyl (C=O) groups excluding carboxylic acids is 3. The molecule has 0 heterocycles. The molecule has 1 aliphatic rings. The summed E-state index contributed by atoms with van der Waals surface area (Å²) in [4.78, 5) is 42.8. The number of nitrogens with zero attached hydrogens (tertiary/aromatic N) is 1. The summed E-state index contributed by atoms with van der Waals surface area (Å²) < 4.78 is 5.01. The maximum absolute atomic E-state index is 13.0. The van der Waals surface area contributed by atoms with Crippen LogP contribution in [0.2, 0.25) is 0 Å². The number of carbonyl (C=O) groups is 3. The fraction of sp³-hybridized carbons (Fsp3) is 0.259. The Bertz CT molecular complexity index is 1110. The molecule has 182 valence electrons. The molecule has 0 saturated carbocycles. The number of ether oxygens (including phenoxy) is 1. The van der Waals surface area contributed by atoms with Crippen molar-refractivity contribution in [2.24, 2.45) is 10.9 Å². The predicted molar refractivity (Wildman–Crippen MR) is 137 cm³/mol. The molecule has 3 rings (SSSR count). The third-order valence-electron chi connectivity index (χ3n) is 5.74. The topological polar surface area (TPSA) is 105 Å². The molecule has 0 unspecified atom stereocenters. The molecule has 2 aromatic carbocycles. The van der Waals surface area contributed by atoms with E-state index >= 15 is 0 Å². The second-order valence-corrected chi connectivity index (χ2v) is 8.70. The van der Waals surface area contributed by atoms with Gasteiger partial charge in [0.25, 0.3) is 0 Å². The third kappa shape index (κ3) is 7.08. The molecule has 0 aromatic heterocycles. The average molecular weight is 493 g/mol. The standard InChI is InChI=1S/C27H28N2O5S/c1-18(35)15-28-13-14-29-27(33)21(20-11-9-19(10-12-20)16-34-17-30)7-4-8-24-25(31)22-5-2-3-6-23(22)26(24)32/h2-3,5-6,9-15,21,24,30,35H,1,4,7-8,16-17H2,(H,29,33)/b14-13-,28-15?/t21-/m1/s1. The van der Waals surface area contributed by atoms with Crippen molar-refractivity contribution in [3.8, 4) is 0 Å². The van der Waals surface area contributed by atoms with Crippen LogP contribution in [0.1, 0.15) is 57.0 Å². The molecule has 2 aromatic rings. The number of aliphatic hydroxyl groups is 1. The number of amides is 1. The molecule has 1 aliphatic carbocycles. The van der Waals surface area contributed by atoms with Crippen LogP contribution in [0, 0.1) is 5.92 Å². The molecule has 0 fully saturated rings. The van der Waals surface area contributed by atoms with Gasteiger partial charge in [-0.1, -0.05) is 61.5 Å². The quantitative estimate of drug-likeness (QED) is 0.178. The van der Waals surface area contributed by atoms with E-state index in [1.54, 1.807) is 24.3 Å². The van der Waals surface area contributed by atoms with Crippen molar-refractivity contribution in [3.63, 3.8) is 0 Å². The molecule has 2 N–H and O–H groups in total.